The van der Waals surface area contributed by atoms with Gasteiger partial charge in [0, 0.05) is 38.3 Å². The molecule has 8 heteroatoms. The lowest BCUT2D eigenvalue weighted by atomic mass is 9.98. The number of nitrogens with zero attached hydrogens (tertiary/aromatic N) is 2. The van der Waals surface area contributed by atoms with Crippen LogP contribution in [0.1, 0.15) is 5.56 Å². The summed E-state index contributed by atoms with van der Waals surface area (Å²) < 4.78 is 34.5. The van der Waals surface area contributed by atoms with Crippen molar-refractivity contribution in [3.05, 3.63) is 96.6 Å². The van der Waals surface area contributed by atoms with E-state index in [4.69, 9.17) is 4.74 Å². The molecule has 0 aromatic heterocycles. The van der Waals surface area contributed by atoms with Crippen LogP contribution in [-0.4, -0.2) is 63.4 Å². The van der Waals surface area contributed by atoms with Gasteiger partial charge in [0.2, 0.25) is 15.9 Å². The summed E-state index contributed by atoms with van der Waals surface area (Å²) in [5, 5.41) is 5.44. The second kappa shape index (κ2) is 11.3. The van der Waals surface area contributed by atoms with Crippen molar-refractivity contribution in [2.45, 2.75) is 11.4 Å². The fourth-order valence-electron chi connectivity index (χ4n) is 4.85. The summed E-state index contributed by atoms with van der Waals surface area (Å²) in [4.78, 5) is 15.0. The molecule has 0 aliphatic carbocycles. The molecule has 38 heavy (non-hydrogen) atoms. The topological polar surface area (TPSA) is 79.0 Å². The van der Waals surface area contributed by atoms with E-state index in [1.165, 1.54) is 4.31 Å². The van der Waals surface area contributed by atoms with Gasteiger partial charge in [-0.15, -0.1) is 0 Å². The first-order valence-electron chi connectivity index (χ1n) is 12.7. The number of carbonyl (C=O) groups is 1. The van der Waals surface area contributed by atoms with Crippen LogP contribution in [0.5, 0.6) is 5.75 Å². The van der Waals surface area contributed by atoms with Crippen LogP contribution in [0, 0.1) is 0 Å². The van der Waals surface area contributed by atoms with E-state index < -0.39 is 10.0 Å². The number of carbonyl (C=O) groups excluding carboxylic acids is 1. The molecule has 4 aromatic carbocycles. The second-order valence-electron chi connectivity index (χ2n) is 9.27. The molecule has 4 aromatic rings. The molecule has 0 saturated carbocycles. The molecule has 5 rings (SSSR count). The van der Waals surface area contributed by atoms with Crippen LogP contribution in [0.15, 0.2) is 95.9 Å². The number of methoxy groups -OCH3 is 1. The van der Waals surface area contributed by atoms with E-state index in [0.717, 1.165) is 21.9 Å². The van der Waals surface area contributed by atoms with Gasteiger partial charge in [0.15, 0.2) is 0 Å². The van der Waals surface area contributed by atoms with Crippen LogP contribution in [0.4, 0.5) is 0 Å². The molecule has 0 spiro atoms. The minimum absolute atomic E-state index is 0.0231. The number of rotatable bonds is 8. The summed E-state index contributed by atoms with van der Waals surface area (Å²) in [7, 11) is -2.43. The Labute approximate surface area is 223 Å². The van der Waals surface area contributed by atoms with E-state index in [9.17, 15) is 13.2 Å². The maximum Gasteiger partial charge on any atom is 0.243 e. The average molecular weight is 530 g/mol. The predicted molar refractivity (Wildman–Crippen MR) is 149 cm³/mol. The summed E-state index contributed by atoms with van der Waals surface area (Å²) in [6.45, 7) is 2.28. The average Bonchev–Trinajstić information content (AvgIpc) is 2.97. The van der Waals surface area contributed by atoms with Gasteiger partial charge in [0.25, 0.3) is 0 Å². The first-order chi connectivity index (χ1) is 18.5. The number of piperazine rings is 1. The second-order valence-corrected chi connectivity index (χ2v) is 11.2. The van der Waals surface area contributed by atoms with Crippen LogP contribution in [0.3, 0.4) is 0 Å². The van der Waals surface area contributed by atoms with Gasteiger partial charge in [-0.3, -0.25) is 4.79 Å². The van der Waals surface area contributed by atoms with E-state index in [0.29, 0.717) is 37.5 Å². The normalized spacial score (nSPS) is 14.1. The Morgan fingerprint density at radius 3 is 2.34 bits per heavy atom. The van der Waals surface area contributed by atoms with E-state index in [1.807, 2.05) is 54.6 Å². The van der Waals surface area contributed by atoms with Crippen LogP contribution in [0.25, 0.3) is 21.9 Å². The molecule has 1 aliphatic rings. The van der Waals surface area contributed by atoms with E-state index in [1.54, 1.807) is 30.2 Å². The third-order valence-corrected chi connectivity index (χ3v) is 8.72. The van der Waals surface area contributed by atoms with Gasteiger partial charge in [-0.2, -0.15) is 4.31 Å². The zero-order valence-electron chi connectivity index (χ0n) is 21.3. The Morgan fingerprint density at radius 1 is 0.895 bits per heavy atom. The molecule has 1 heterocycles. The van der Waals surface area contributed by atoms with E-state index in [2.05, 4.69) is 23.5 Å². The Balaban J connectivity index is 1.47. The number of benzene rings is 4. The van der Waals surface area contributed by atoms with Gasteiger partial charge >= 0.3 is 0 Å². The van der Waals surface area contributed by atoms with Crippen molar-refractivity contribution in [3.8, 4) is 16.9 Å². The third-order valence-electron chi connectivity index (χ3n) is 6.91. The lowest BCUT2D eigenvalue weighted by molar-refractivity contribution is -0.132. The smallest absolute Gasteiger partial charge is 0.243 e. The Morgan fingerprint density at radius 2 is 1.58 bits per heavy atom. The number of sulfonamides is 1. The summed E-state index contributed by atoms with van der Waals surface area (Å²) in [5.41, 5.74) is 2.65. The molecule has 1 saturated heterocycles. The summed E-state index contributed by atoms with van der Waals surface area (Å²) in [6.07, 6.45) is 0. The number of hydrogen-bond donors (Lipinski definition) is 1. The van der Waals surface area contributed by atoms with Crippen molar-refractivity contribution >= 4 is 26.7 Å². The number of ether oxygens (including phenoxy) is 1. The van der Waals surface area contributed by atoms with Crippen molar-refractivity contribution in [2.75, 3.05) is 39.8 Å². The first kappa shape index (κ1) is 25.9. The van der Waals surface area contributed by atoms with Gasteiger partial charge < -0.3 is 15.0 Å². The fourth-order valence-corrected chi connectivity index (χ4v) is 6.21. The predicted octanol–water partition coefficient (Wildman–Crippen LogP) is 4.14. The minimum atomic E-state index is -3.98. The van der Waals surface area contributed by atoms with Gasteiger partial charge in [-0.1, -0.05) is 72.8 Å². The first-order valence-corrected chi connectivity index (χ1v) is 14.1. The van der Waals surface area contributed by atoms with Crippen LogP contribution in [-0.2, 0) is 21.4 Å². The molecular weight excluding hydrogens is 498 g/mol. The fraction of sp³-hybridized carbons (Fsp3) is 0.233. The Hall–Kier alpha value is -3.72. The van der Waals surface area contributed by atoms with Gasteiger partial charge in [0.05, 0.1) is 18.6 Å². The number of fused-ring (bicyclic) bond motifs is 1. The number of hydrogen-bond acceptors (Lipinski definition) is 5. The SMILES string of the molecule is COc1ccccc1CN(CC(=O)N1CCNCC1)S(=O)(=O)c1ccc(-c2cccc3ccccc23)cc1. The highest BCUT2D eigenvalue weighted by molar-refractivity contribution is 7.89. The molecule has 1 amide bonds. The van der Waals surface area contributed by atoms with E-state index in [-0.39, 0.29) is 23.9 Å². The zero-order valence-corrected chi connectivity index (χ0v) is 22.2. The summed E-state index contributed by atoms with van der Waals surface area (Å²) in [6, 6.07) is 28.4. The molecule has 196 valence electrons. The lowest BCUT2D eigenvalue weighted by Gasteiger charge is -2.30. The summed E-state index contributed by atoms with van der Waals surface area (Å²) >= 11 is 0. The van der Waals surface area contributed by atoms with Crippen LogP contribution < -0.4 is 10.1 Å². The standard InChI is InChI=1S/C30H31N3O4S/c1-37-29-12-5-3-8-25(29)21-33(22-30(34)32-19-17-31-18-20-32)38(35,36)26-15-13-24(14-16-26)28-11-6-9-23-7-2-4-10-27(23)28/h2-16,31H,17-22H2,1H3. The molecular formula is C30H31N3O4S. The molecule has 1 N–H and O–H groups in total. The van der Waals surface area contributed by atoms with Gasteiger partial charge in [0.1, 0.15) is 5.75 Å². The van der Waals surface area contributed by atoms with Gasteiger partial charge in [-0.05, 0) is 40.1 Å². The maximum absolute atomic E-state index is 13.9. The van der Waals surface area contributed by atoms with E-state index >= 15 is 0 Å². The lowest BCUT2D eigenvalue weighted by Crippen LogP contribution is -2.50. The molecule has 7 nitrogen and oxygen atoms in total. The Bertz CT molecular complexity index is 1530. The monoisotopic (exact) mass is 529 g/mol. The van der Waals surface area contributed by atoms with Crippen molar-refractivity contribution < 1.29 is 17.9 Å². The minimum Gasteiger partial charge on any atom is -0.496 e. The molecule has 0 bridgehead atoms. The van der Waals surface area contributed by atoms with Gasteiger partial charge in [-0.25, -0.2) is 8.42 Å². The quantitative estimate of drug-likeness (QED) is 0.371. The highest BCUT2D eigenvalue weighted by atomic mass is 32.2. The maximum atomic E-state index is 13.9. The molecule has 1 aliphatic heterocycles. The van der Waals surface area contributed by atoms with Crippen LogP contribution in [0.2, 0.25) is 0 Å². The largest absolute Gasteiger partial charge is 0.496 e. The third kappa shape index (κ3) is 5.43. The highest BCUT2D eigenvalue weighted by Gasteiger charge is 2.30. The number of para-hydroxylation sites is 1. The van der Waals surface area contributed by atoms with Crippen molar-refractivity contribution in [1.82, 2.24) is 14.5 Å². The number of nitrogens with one attached hydrogen (secondary N) is 1. The molecule has 0 radical (unpaired) electrons. The zero-order chi connectivity index (χ0) is 26.5. The van der Waals surface area contributed by atoms with Crippen molar-refractivity contribution in [2.24, 2.45) is 0 Å². The Kier molecular flexibility index (Phi) is 7.74. The molecule has 0 atom stereocenters. The molecule has 1 fully saturated rings. The van der Waals surface area contributed by atoms with Crippen molar-refractivity contribution in [1.29, 1.82) is 0 Å². The molecule has 0 unspecified atom stereocenters. The van der Waals surface area contributed by atoms with Crippen LogP contribution >= 0.6 is 0 Å². The highest BCUT2D eigenvalue weighted by Crippen LogP contribution is 2.30. The summed E-state index contributed by atoms with van der Waals surface area (Å²) in [5.74, 6) is 0.367. The number of amides is 1. The van der Waals surface area contributed by atoms with Crippen molar-refractivity contribution in [3.63, 3.8) is 0 Å².